The first-order valence-corrected chi connectivity index (χ1v) is 12.7. The molecule has 2 heterocycles. The third-order valence-electron chi connectivity index (χ3n) is 7.16. The molecule has 1 saturated carbocycles. The highest BCUT2D eigenvalue weighted by molar-refractivity contribution is 6.31. The number of allylic oxidation sites excluding steroid dienone is 3. The van der Waals surface area contributed by atoms with Crippen molar-refractivity contribution in [3.63, 3.8) is 0 Å². The average molecular weight is 532 g/mol. The Balaban J connectivity index is 1.69. The minimum atomic E-state index is -1.18. The van der Waals surface area contributed by atoms with Crippen LogP contribution in [0.1, 0.15) is 62.1 Å². The molecule has 2 aliphatic carbocycles. The standard InChI is InChI=1S/C26H27Cl2N3O5/c1-14-29-30-24(35-14)21(15-6-7-15)31-23(26(2)10-8-17(27)9-11-26)22(16-4-3-5-18(28)12-16)36-19(25(31)34)13-20(32)33/h3-5,8-10,12,15,19,21-23H,6-7,11,13H2,1-2H3,(H,32,33)/t19-,21-,22-,23-,26?/m0/s1. The zero-order valence-electron chi connectivity index (χ0n) is 19.9. The lowest BCUT2D eigenvalue weighted by molar-refractivity contribution is -0.193. The lowest BCUT2D eigenvalue weighted by Gasteiger charge is -2.53. The second kappa shape index (κ2) is 9.65. The minimum absolute atomic E-state index is 0.121. The maximum atomic E-state index is 14.1. The van der Waals surface area contributed by atoms with Crippen LogP contribution in [0.5, 0.6) is 0 Å². The largest absolute Gasteiger partial charge is 0.481 e. The molecule has 3 aliphatic rings. The molecule has 2 aromatic rings. The fraction of sp³-hybridized carbons (Fsp3) is 0.462. The fourth-order valence-corrected chi connectivity index (χ4v) is 5.64. The lowest BCUT2D eigenvalue weighted by Crippen LogP contribution is -2.61. The number of rotatable bonds is 7. The van der Waals surface area contributed by atoms with E-state index >= 15 is 0 Å². The molecule has 0 spiro atoms. The highest BCUT2D eigenvalue weighted by Crippen LogP contribution is 2.53. The number of morpholine rings is 1. The van der Waals surface area contributed by atoms with Crippen molar-refractivity contribution < 1.29 is 23.8 Å². The molecule has 1 amide bonds. The van der Waals surface area contributed by atoms with Gasteiger partial charge in [0.2, 0.25) is 11.8 Å². The molecule has 0 bridgehead atoms. The summed E-state index contributed by atoms with van der Waals surface area (Å²) in [7, 11) is 0. The van der Waals surface area contributed by atoms with Gasteiger partial charge in [-0.3, -0.25) is 9.59 Å². The Morgan fingerprint density at radius 1 is 1.31 bits per heavy atom. The SMILES string of the molecule is Cc1nnc([C@H](C2CC2)N2C(=O)[C@H](CC(=O)O)O[C@@H](c3cccc(Cl)c3)[C@H]2C2(C)C=CC(Cl)=CC2)o1. The normalized spacial score (nSPS) is 29.2. The molecule has 0 radical (unpaired) electrons. The Bertz CT molecular complexity index is 1240. The molecule has 10 heteroatoms. The van der Waals surface area contributed by atoms with E-state index in [1.165, 1.54) is 0 Å². The van der Waals surface area contributed by atoms with Gasteiger partial charge in [-0.25, -0.2) is 0 Å². The summed E-state index contributed by atoms with van der Waals surface area (Å²) in [5, 5.41) is 19.1. The zero-order valence-corrected chi connectivity index (χ0v) is 21.4. The monoisotopic (exact) mass is 531 g/mol. The molecule has 190 valence electrons. The zero-order chi connectivity index (χ0) is 25.6. The van der Waals surface area contributed by atoms with E-state index in [2.05, 4.69) is 17.1 Å². The molecule has 1 N–H and O–H groups in total. The molecular formula is C26H27Cl2N3O5. The minimum Gasteiger partial charge on any atom is -0.481 e. The molecule has 1 aromatic carbocycles. The maximum Gasteiger partial charge on any atom is 0.306 e. The van der Waals surface area contributed by atoms with Crippen LogP contribution in [-0.2, 0) is 14.3 Å². The molecule has 8 nitrogen and oxygen atoms in total. The Morgan fingerprint density at radius 2 is 2.08 bits per heavy atom. The number of halogens is 2. The maximum absolute atomic E-state index is 14.1. The van der Waals surface area contributed by atoms with E-state index in [0.29, 0.717) is 28.3 Å². The van der Waals surface area contributed by atoms with Crippen molar-refractivity contribution >= 4 is 35.1 Å². The number of carbonyl (C=O) groups excluding carboxylic acids is 1. The molecule has 2 fully saturated rings. The van der Waals surface area contributed by atoms with Crippen LogP contribution in [0.25, 0.3) is 0 Å². The van der Waals surface area contributed by atoms with Gasteiger partial charge in [-0.05, 0) is 49.0 Å². The van der Waals surface area contributed by atoms with Gasteiger partial charge in [0.05, 0.1) is 12.5 Å². The van der Waals surface area contributed by atoms with Crippen molar-refractivity contribution in [2.45, 2.75) is 63.8 Å². The number of aryl methyl sites for hydroxylation is 1. The van der Waals surface area contributed by atoms with Crippen LogP contribution in [0.3, 0.4) is 0 Å². The van der Waals surface area contributed by atoms with Gasteiger partial charge in [0.1, 0.15) is 18.2 Å². The van der Waals surface area contributed by atoms with Gasteiger partial charge in [-0.1, -0.05) is 54.4 Å². The van der Waals surface area contributed by atoms with E-state index in [4.69, 9.17) is 32.4 Å². The lowest BCUT2D eigenvalue weighted by atomic mass is 9.71. The number of hydrogen-bond donors (Lipinski definition) is 1. The van der Waals surface area contributed by atoms with Gasteiger partial charge >= 0.3 is 5.97 Å². The number of aromatic nitrogens is 2. The fourth-order valence-electron chi connectivity index (χ4n) is 5.30. The van der Waals surface area contributed by atoms with Crippen LogP contribution >= 0.6 is 23.2 Å². The highest BCUT2D eigenvalue weighted by Gasteiger charge is 2.56. The first kappa shape index (κ1) is 25.0. The Hall–Kier alpha value is -2.68. The number of carboxylic acids is 1. The second-order valence-corrected chi connectivity index (χ2v) is 10.8. The van der Waals surface area contributed by atoms with Crippen LogP contribution < -0.4 is 0 Å². The summed E-state index contributed by atoms with van der Waals surface area (Å²) >= 11 is 12.6. The van der Waals surface area contributed by atoms with Gasteiger partial charge in [-0.2, -0.15) is 0 Å². The van der Waals surface area contributed by atoms with E-state index in [9.17, 15) is 14.7 Å². The van der Waals surface area contributed by atoms with Crippen LogP contribution in [0.4, 0.5) is 0 Å². The van der Waals surface area contributed by atoms with Crippen molar-refractivity contribution in [3.8, 4) is 0 Å². The molecule has 5 rings (SSSR count). The third-order valence-corrected chi connectivity index (χ3v) is 7.68. The van der Waals surface area contributed by atoms with E-state index in [1.54, 1.807) is 24.0 Å². The number of benzene rings is 1. The van der Waals surface area contributed by atoms with Crippen molar-refractivity contribution in [1.29, 1.82) is 0 Å². The smallest absolute Gasteiger partial charge is 0.306 e. The molecular weight excluding hydrogens is 505 g/mol. The van der Waals surface area contributed by atoms with E-state index in [-0.39, 0.29) is 5.92 Å². The number of carboxylic acid groups (broad SMARTS) is 1. The summed E-state index contributed by atoms with van der Waals surface area (Å²) in [6.45, 7) is 3.76. The predicted octanol–water partition coefficient (Wildman–Crippen LogP) is 5.38. The van der Waals surface area contributed by atoms with Crippen molar-refractivity contribution in [2.75, 3.05) is 0 Å². The van der Waals surface area contributed by atoms with E-state index in [0.717, 1.165) is 18.4 Å². The Labute approximate surface area is 218 Å². The number of ether oxygens (including phenoxy) is 1. The van der Waals surface area contributed by atoms with Crippen LogP contribution in [0.15, 0.2) is 51.9 Å². The number of carbonyl (C=O) groups is 2. The van der Waals surface area contributed by atoms with Gasteiger partial charge in [0, 0.05) is 22.4 Å². The average Bonchev–Trinajstić information content (AvgIpc) is 3.57. The van der Waals surface area contributed by atoms with Crippen molar-refractivity contribution in [1.82, 2.24) is 15.1 Å². The van der Waals surface area contributed by atoms with Gasteiger partial charge in [-0.15, -0.1) is 10.2 Å². The highest BCUT2D eigenvalue weighted by atomic mass is 35.5. The van der Waals surface area contributed by atoms with Crippen molar-refractivity contribution in [3.05, 3.63) is 69.9 Å². The molecule has 5 atom stereocenters. The number of hydrogen-bond acceptors (Lipinski definition) is 6. The summed E-state index contributed by atoms with van der Waals surface area (Å²) in [6, 6.07) is 6.24. The van der Waals surface area contributed by atoms with Gasteiger partial charge in [0.25, 0.3) is 5.91 Å². The molecule has 1 aromatic heterocycles. The van der Waals surface area contributed by atoms with Gasteiger partial charge in [0.15, 0.2) is 0 Å². The summed E-state index contributed by atoms with van der Waals surface area (Å²) in [5.41, 5.74) is 0.171. The predicted molar refractivity (Wildman–Crippen MR) is 132 cm³/mol. The van der Waals surface area contributed by atoms with Crippen LogP contribution in [0.2, 0.25) is 5.02 Å². The van der Waals surface area contributed by atoms with Gasteiger partial charge < -0.3 is 19.2 Å². The first-order valence-electron chi connectivity index (χ1n) is 12.0. The quantitative estimate of drug-likeness (QED) is 0.510. The number of aliphatic carboxylic acids is 1. The third kappa shape index (κ3) is 4.82. The second-order valence-electron chi connectivity index (χ2n) is 9.96. The molecule has 1 unspecified atom stereocenters. The first-order chi connectivity index (χ1) is 17.2. The summed E-state index contributed by atoms with van der Waals surface area (Å²) in [6.07, 6.45) is 5.81. The van der Waals surface area contributed by atoms with E-state index in [1.807, 2.05) is 30.4 Å². The van der Waals surface area contributed by atoms with Crippen LogP contribution in [-0.4, -0.2) is 44.2 Å². The summed E-state index contributed by atoms with van der Waals surface area (Å²) in [5.74, 6) is -0.642. The Kier molecular flexibility index (Phi) is 6.70. The molecule has 1 aliphatic heterocycles. The van der Waals surface area contributed by atoms with E-state index < -0.39 is 48.0 Å². The number of nitrogens with zero attached hydrogens (tertiary/aromatic N) is 3. The summed E-state index contributed by atoms with van der Waals surface area (Å²) < 4.78 is 12.2. The van der Waals surface area contributed by atoms with Crippen LogP contribution in [0, 0.1) is 18.3 Å². The Morgan fingerprint density at radius 3 is 2.67 bits per heavy atom. The number of amides is 1. The van der Waals surface area contributed by atoms with Crippen molar-refractivity contribution in [2.24, 2.45) is 11.3 Å². The topological polar surface area (TPSA) is 106 Å². The molecule has 36 heavy (non-hydrogen) atoms. The molecule has 1 saturated heterocycles. The summed E-state index contributed by atoms with van der Waals surface area (Å²) in [4.78, 5) is 27.6.